The third-order valence-corrected chi connectivity index (χ3v) is 4.86. The Kier molecular flexibility index (Phi) is 4.74. The predicted molar refractivity (Wildman–Crippen MR) is 88.5 cm³/mol. The highest BCUT2D eigenvalue weighted by Gasteiger charge is 2.35. The summed E-state index contributed by atoms with van der Waals surface area (Å²) in [6.07, 6.45) is 2.28. The summed E-state index contributed by atoms with van der Waals surface area (Å²) in [5.41, 5.74) is 3.05. The van der Waals surface area contributed by atoms with Crippen LogP contribution >= 0.6 is 0 Å². The molecule has 2 unspecified atom stereocenters. The molecule has 0 aromatic heterocycles. The number of hydrogen-bond donors (Lipinski definition) is 1. The number of rotatable bonds is 4. The van der Waals surface area contributed by atoms with Crippen LogP contribution in [0.1, 0.15) is 46.6 Å². The number of hydrogen-bond acceptors (Lipinski definition) is 2. The van der Waals surface area contributed by atoms with Crippen molar-refractivity contribution in [2.45, 2.75) is 59.0 Å². The Hall–Kier alpha value is -1.02. The van der Waals surface area contributed by atoms with E-state index in [-0.39, 0.29) is 5.54 Å². The Bertz CT molecular complexity index is 441. The van der Waals surface area contributed by atoms with Crippen LogP contribution in [-0.2, 0) is 6.42 Å². The van der Waals surface area contributed by atoms with Gasteiger partial charge < -0.3 is 10.2 Å². The van der Waals surface area contributed by atoms with Gasteiger partial charge in [0.15, 0.2) is 0 Å². The van der Waals surface area contributed by atoms with E-state index < -0.39 is 0 Å². The average molecular weight is 274 g/mol. The first kappa shape index (κ1) is 15.4. The molecule has 1 aromatic rings. The maximum atomic E-state index is 3.76. The van der Waals surface area contributed by atoms with Gasteiger partial charge in [-0.3, -0.25) is 0 Å². The van der Waals surface area contributed by atoms with E-state index in [2.05, 4.69) is 69.1 Å². The Labute approximate surface area is 124 Å². The molecule has 2 atom stereocenters. The van der Waals surface area contributed by atoms with Crippen LogP contribution in [0.3, 0.4) is 0 Å². The van der Waals surface area contributed by atoms with Crippen LogP contribution in [0.5, 0.6) is 0 Å². The van der Waals surface area contributed by atoms with Crippen LogP contribution in [-0.4, -0.2) is 24.7 Å². The van der Waals surface area contributed by atoms with Crippen molar-refractivity contribution in [3.05, 3.63) is 29.8 Å². The second-order valence-electron chi connectivity index (χ2n) is 6.76. The van der Waals surface area contributed by atoms with Crippen LogP contribution in [0.2, 0.25) is 0 Å². The van der Waals surface area contributed by atoms with E-state index in [0.717, 1.165) is 19.5 Å². The minimum absolute atomic E-state index is 0.230. The average Bonchev–Trinajstić information content (AvgIpc) is 2.47. The van der Waals surface area contributed by atoms with E-state index >= 15 is 0 Å². The molecule has 0 amide bonds. The van der Waals surface area contributed by atoms with Crippen molar-refractivity contribution in [3.63, 3.8) is 0 Å². The Morgan fingerprint density at radius 1 is 1.35 bits per heavy atom. The van der Waals surface area contributed by atoms with Gasteiger partial charge in [-0.2, -0.15) is 0 Å². The lowest BCUT2D eigenvalue weighted by molar-refractivity contribution is 0.253. The topological polar surface area (TPSA) is 15.3 Å². The van der Waals surface area contributed by atoms with Crippen LogP contribution in [0.15, 0.2) is 24.3 Å². The van der Waals surface area contributed by atoms with Crippen molar-refractivity contribution < 1.29 is 0 Å². The SMILES string of the molecule is CCc1cccc(N2CC(C)(CC)NCC2C(C)C)c1. The Balaban J connectivity index is 2.31. The van der Waals surface area contributed by atoms with E-state index in [1.165, 1.54) is 17.7 Å². The minimum Gasteiger partial charge on any atom is -0.365 e. The third-order valence-electron chi connectivity index (χ3n) is 4.86. The standard InChI is InChI=1S/C18H30N2/c1-6-15-9-8-10-16(11-15)20-13-18(5,7-2)19-12-17(20)14(3)4/h8-11,14,17,19H,6-7,12-13H2,1-5H3. The largest absolute Gasteiger partial charge is 0.365 e. The van der Waals surface area contributed by atoms with Gasteiger partial charge in [0, 0.05) is 30.4 Å². The van der Waals surface area contributed by atoms with Crippen molar-refractivity contribution >= 4 is 5.69 Å². The lowest BCUT2D eigenvalue weighted by atomic mass is 9.89. The summed E-state index contributed by atoms with van der Waals surface area (Å²) in [6, 6.07) is 9.67. The predicted octanol–water partition coefficient (Wildman–Crippen LogP) is 3.85. The first-order valence-corrected chi connectivity index (χ1v) is 8.09. The molecule has 0 radical (unpaired) electrons. The minimum atomic E-state index is 0.230. The molecule has 1 aliphatic heterocycles. The fourth-order valence-electron chi connectivity index (χ4n) is 3.08. The zero-order chi connectivity index (χ0) is 14.8. The van der Waals surface area contributed by atoms with E-state index in [1.807, 2.05) is 0 Å². The van der Waals surface area contributed by atoms with Crippen molar-refractivity contribution in [1.29, 1.82) is 0 Å². The molecule has 112 valence electrons. The van der Waals surface area contributed by atoms with Crippen molar-refractivity contribution in [2.75, 3.05) is 18.0 Å². The second-order valence-corrected chi connectivity index (χ2v) is 6.76. The number of piperazine rings is 1. The molecule has 1 fully saturated rings. The summed E-state index contributed by atoms with van der Waals surface area (Å²) in [4.78, 5) is 2.63. The molecular weight excluding hydrogens is 244 g/mol. The van der Waals surface area contributed by atoms with E-state index in [4.69, 9.17) is 0 Å². The molecule has 0 bridgehead atoms. The Morgan fingerprint density at radius 2 is 2.10 bits per heavy atom. The van der Waals surface area contributed by atoms with Gasteiger partial charge in [-0.1, -0.05) is 39.8 Å². The molecule has 0 saturated carbocycles. The van der Waals surface area contributed by atoms with Gasteiger partial charge in [0.25, 0.3) is 0 Å². The zero-order valence-corrected chi connectivity index (χ0v) is 13.7. The number of nitrogens with one attached hydrogen (secondary N) is 1. The molecule has 0 aliphatic carbocycles. The van der Waals surface area contributed by atoms with Gasteiger partial charge in [0.2, 0.25) is 0 Å². The van der Waals surface area contributed by atoms with Gasteiger partial charge in [0.05, 0.1) is 0 Å². The lowest BCUT2D eigenvalue weighted by Crippen LogP contribution is -2.64. The van der Waals surface area contributed by atoms with Gasteiger partial charge in [-0.25, -0.2) is 0 Å². The van der Waals surface area contributed by atoms with Crippen LogP contribution in [0.25, 0.3) is 0 Å². The molecule has 2 nitrogen and oxygen atoms in total. The van der Waals surface area contributed by atoms with E-state index in [0.29, 0.717) is 12.0 Å². The number of anilines is 1. The summed E-state index contributed by atoms with van der Waals surface area (Å²) >= 11 is 0. The van der Waals surface area contributed by atoms with Crippen LogP contribution in [0, 0.1) is 5.92 Å². The summed E-state index contributed by atoms with van der Waals surface area (Å²) in [5, 5.41) is 3.76. The first-order chi connectivity index (χ1) is 9.49. The number of aryl methyl sites for hydroxylation is 1. The highest BCUT2D eigenvalue weighted by atomic mass is 15.3. The van der Waals surface area contributed by atoms with Gasteiger partial charge in [-0.15, -0.1) is 0 Å². The molecule has 0 spiro atoms. The summed E-state index contributed by atoms with van der Waals surface area (Å²) in [6.45, 7) is 13.7. The normalized spacial score (nSPS) is 27.1. The van der Waals surface area contributed by atoms with Gasteiger partial charge in [-0.05, 0) is 43.4 Å². The van der Waals surface area contributed by atoms with Gasteiger partial charge in [0.1, 0.15) is 0 Å². The smallest absolute Gasteiger partial charge is 0.0438 e. The molecule has 2 rings (SSSR count). The van der Waals surface area contributed by atoms with E-state index in [1.54, 1.807) is 0 Å². The monoisotopic (exact) mass is 274 g/mol. The maximum Gasteiger partial charge on any atom is 0.0438 e. The molecule has 1 aromatic carbocycles. The zero-order valence-electron chi connectivity index (χ0n) is 13.7. The second kappa shape index (κ2) is 6.17. The number of nitrogens with zero attached hydrogens (tertiary/aromatic N) is 1. The van der Waals surface area contributed by atoms with E-state index in [9.17, 15) is 0 Å². The molecule has 1 heterocycles. The third kappa shape index (κ3) is 3.17. The quantitative estimate of drug-likeness (QED) is 0.897. The molecule has 1 aliphatic rings. The lowest BCUT2D eigenvalue weighted by Gasteiger charge is -2.48. The molecule has 2 heteroatoms. The first-order valence-electron chi connectivity index (χ1n) is 8.09. The fraction of sp³-hybridized carbons (Fsp3) is 0.667. The maximum absolute atomic E-state index is 3.76. The van der Waals surface area contributed by atoms with Gasteiger partial charge >= 0.3 is 0 Å². The molecule has 1 saturated heterocycles. The molecule has 1 N–H and O–H groups in total. The summed E-state index contributed by atoms with van der Waals surface area (Å²) in [5.74, 6) is 0.661. The van der Waals surface area contributed by atoms with Crippen molar-refractivity contribution in [1.82, 2.24) is 5.32 Å². The van der Waals surface area contributed by atoms with Crippen molar-refractivity contribution in [3.8, 4) is 0 Å². The highest BCUT2D eigenvalue weighted by molar-refractivity contribution is 5.51. The van der Waals surface area contributed by atoms with Crippen LogP contribution in [0.4, 0.5) is 5.69 Å². The highest BCUT2D eigenvalue weighted by Crippen LogP contribution is 2.29. The Morgan fingerprint density at radius 3 is 2.70 bits per heavy atom. The summed E-state index contributed by atoms with van der Waals surface area (Å²) in [7, 11) is 0. The molecule has 20 heavy (non-hydrogen) atoms. The summed E-state index contributed by atoms with van der Waals surface area (Å²) < 4.78 is 0. The molecular formula is C18H30N2. The number of benzene rings is 1. The van der Waals surface area contributed by atoms with Crippen LogP contribution < -0.4 is 10.2 Å². The van der Waals surface area contributed by atoms with Crippen molar-refractivity contribution in [2.24, 2.45) is 5.92 Å². The fourth-order valence-corrected chi connectivity index (χ4v) is 3.08.